The molecule has 14 heavy (non-hydrogen) atoms. The Balaban J connectivity index is 2.73. The van der Waals surface area contributed by atoms with Crippen molar-refractivity contribution in [2.45, 2.75) is 13.3 Å². The fourth-order valence-electron chi connectivity index (χ4n) is 1.66. The first-order valence-electron chi connectivity index (χ1n) is 4.35. The second-order valence-electron chi connectivity index (χ2n) is 3.29. The molecule has 1 N–H and O–H groups in total. The minimum absolute atomic E-state index is 0.256. The van der Waals surface area contributed by atoms with Crippen LogP contribution >= 0.6 is 0 Å². The average Bonchev–Trinajstić information content (AvgIpc) is 2.49. The van der Waals surface area contributed by atoms with E-state index in [0.717, 1.165) is 22.0 Å². The molecule has 1 aromatic heterocycles. The number of aromatic nitrogens is 1. The summed E-state index contributed by atoms with van der Waals surface area (Å²) in [6.45, 7) is 1.85. The van der Waals surface area contributed by atoms with Gasteiger partial charge in [-0.05, 0) is 30.2 Å². The number of hydrogen-bond donors (Lipinski definition) is 1. The van der Waals surface area contributed by atoms with Crippen LogP contribution in [-0.2, 0) is 6.42 Å². The zero-order valence-corrected chi connectivity index (χ0v) is 7.76. The molecule has 0 unspecified atom stereocenters. The van der Waals surface area contributed by atoms with Gasteiger partial charge < -0.3 is 4.98 Å². The number of benzene rings is 1. The van der Waals surface area contributed by atoms with Gasteiger partial charge in [0.25, 0.3) is 0 Å². The standard InChI is InChI=1S/C11H9FN2/c1-7-4-9(12)5-10-8(2-3-13)6-14-11(7)10/h4-6,14H,2H2,1H3. The van der Waals surface area contributed by atoms with Crippen LogP contribution in [0, 0.1) is 24.1 Å². The van der Waals surface area contributed by atoms with E-state index in [2.05, 4.69) is 11.1 Å². The number of hydrogen-bond acceptors (Lipinski definition) is 1. The Labute approximate surface area is 81.0 Å². The van der Waals surface area contributed by atoms with Crippen LogP contribution in [0.4, 0.5) is 4.39 Å². The van der Waals surface area contributed by atoms with Crippen molar-refractivity contribution in [1.29, 1.82) is 5.26 Å². The van der Waals surface area contributed by atoms with Crippen LogP contribution in [0.1, 0.15) is 11.1 Å². The Kier molecular flexibility index (Phi) is 1.97. The van der Waals surface area contributed by atoms with Gasteiger partial charge in [0, 0.05) is 17.1 Å². The molecule has 3 heteroatoms. The molecule has 2 nitrogen and oxygen atoms in total. The van der Waals surface area contributed by atoms with Crippen LogP contribution in [0.15, 0.2) is 18.3 Å². The lowest BCUT2D eigenvalue weighted by atomic mass is 10.1. The monoisotopic (exact) mass is 188 g/mol. The number of nitriles is 1. The van der Waals surface area contributed by atoms with Gasteiger partial charge in [0.2, 0.25) is 0 Å². The molecule has 0 aliphatic rings. The van der Waals surface area contributed by atoms with E-state index in [1.54, 1.807) is 6.20 Å². The lowest BCUT2D eigenvalue weighted by molar-refractivity contribution is 0.628. The maximum atomic E-state index is 13.1. The molecule has 0 aliphatic carbocycles. The molecule has 2 aromatic rings. The molecule has 70 valence electrons. The number of rotatable bonds is 1. The van der Waals surface area contributed by atoms with Crippen molar-refractivity contribution in [3.05, 3.63) is 35.3 Å². The quantitative estimate of drug-likeness (QED) is 0.734. The van der Waals surface area contributed by atoms with Crippen LogP contribution in [0.5, 0.6) is 0 Å². The fraction of sp³-hybridized carbons (Fsp3) is 0.182. The van der Waals surface area contributed by atoms with E-state index < -0.39 is 0 Å². The zero-order valence-electron chi connectivity index (χ0n) is 7.76. The van der Waals surface area contributed by atoms with Crippen LogP contribution in [0.2, 0.25) is 0 Å². The third kappa shape index (κ3) is 1.25. The van der Waals surface area contributed by atoms with Gasteiger partial charge in [-0.2, -0.15) is 5.26 Å². The minimum Gasteiger partial charge on any atom is -0.361 e. The Bertz CT molecular complexity index is 520. The molecule has 0 spiro atoms. The van der Waals surface area contributed by atoms with Crippen LogP contribution in [0.3, 0.4) is 0 Å². The molecule has 0 amide bonds. The Morgan fingerprint density at radius 3 is 3.00 bits per heavy atom. The summed E-state index contributed by atoms with van der Waals surface area (Å²) in [5.74, 6) is -0.256. The third-order valence-corrected chi connectivity index (χ3v) is 2.31. The van der Waals surface area contributed by atoms with Gasteiger partial charge in [-0.1, -0.05) is 0 Å². The van der Waals surface area contributed by atoms with Gasteiger partial charge in [-0.3, -0.25) is 0 Å². The van der Waals surface area contributed by atoms with Crippen LogP contribution in [0.25, 0.3) is 10.9 Å². The van der Waals surface area contributed by atoms with E-state index in [1.165, 1.54) is 12.1 Å². The normalized spacial score (nSPS) is 10.4. The first-order chi connectivity index (χ1) is 6.72. The van der Waals surface area contributed by atoms with Gasteiger partial charge >= 0.3 is 0 Å². The summed E-state index contributed by atoms with van der Waals surface area (Å²) in [6.07, 6.45) is 2.07. The molecule has 2 rings (SSSR count). The third-order valence-electron chi connectivity index (χ3n) is 2.31. The number of aryl methyl sites for hydroxylation is 1. The summed E-state index contributed by atoms with van der Waals surface area (Å²) in [7, 11) is 0. The van der Waals surface area contributed by atoms with E-state index >= 15 is 0 Å². The summed E-state index contributed by atoms with van der Waals surface area (Å²) >= 11 is 0. The number of nitrogens with zero attached hydrogens (tertiary/aromatic N) is 1. The minimum atomic E-state index is -0.256. The van der Waals surface area contributed by atoms with Crippen molar-refractivity contribution in [2.24, 2.45) is 0 Å². The van der Waals surface area contributed by atoms with Gasteiger partial charge in [0.05, 0.1) is 12.5 Å². The van der Waals surface area contributed by atoms with Crippen molar-refractivity contribution in [2.75, 3.05) is 0 Å². The number of H-pyrrole nitrogens is 1. The second kappa shape index (κ2) is 3.15. The molecule has 0 bridgehead atoms. The van der Waals surface area contributed by atoms with E-state index in [0.29, 0.717) is 6.42 Å². The highest BCUT2D eigenvalue weighted by molar-refractivity contribution is 5.86. The lowest BCUT2D eigenvalue weighted by Gasteiger charge is -1.97. The van der Waals surface area contributed by atoms with Gasteiger partial charge in [-0.25, -0.2) is 4.39 Å². The van der Waals surface area contributed by atoms with E-state index in [9.17, 15) is 4.39 Å². The highest BCUT2D eigenvalue weighted by Gasteiger charge is 2.06. The average molecular weight is 188 g/mol. The molecule has 0 saturated heterocycles. The molecular weight excluding hydrogens is 179 g/mol. The summed E-state index contributed by atoms with van der Waals surface area (Å²) in [6, 6.07) is 5.00. The number of nitrogens with one attached hydrogen (secondary N) is 1. The molecular formula is C11H9FN2. The number of halogens is 1. The molecule has 1 aromatic carbocycles. The Morgan fingerprint density at radius 2 is 2.29 bits per heavy atom. The predicted octanol–water partition coefficient (Wildman–Crippen LogP) is 2.68. The largest absolute Gasteiger partial charge is 0.361 e. The van der Waals surface area contributed by atoms with Crippen LogP contribution in [-0.4, -0.2) is 4.98 Å². The molecule has 0 atom stereocenters. The van der Waals surface area contributed by atoms with Crippen molar-refractivity contribution >= 4 is 10.9 Å². The van der Waals surface area contributed by atoms with Gasteiger partial charge in [0.1, 0.15) is 5.82 Å². The second-order valence-corrected chi connectivity index (χ2v) is 3.29. The summed E-state index contributed by atoms with van der Waals surface area (Å²) in [5, 5.41) is 9.39. The van der Waals surface area contributed by atoms with Gasteiger partial charge in [0.15, 0.2) is 0 Å². The lowest BCUT2D eigenvalue weighted by Crippen LogP contribution is -1.82. The fourth-order valence-corrected chi connectivity index (χ4v) is 1.66. The molecule has 1 heterocycles. The number of fused-ring (bicyclic) bond motifs is 1. The molecule has 0 radical (unpaired) electrons. The smallest absolute Gasteiger partial charge is 0.124 e. The summed E-state index contributed by atoms with van der Waals surface area (Å²) in [5.41, 5.74) is 2.63. The Morgan fingerprint density at radius 1 is 1.50 bits per heavy atom. The highest BCUT2D eigenvalue weighted by Crippen LogP contribution is 2.22. The summed E-state index contributed by atoms with van der Waals surface area (Å²) < 4.78 is 13.1. The maximum absolute atomic E-state index is 13.1. The first-order valence-corrected chi connectivity index (χ1v) is 4.35. The van der Waals surface area contributed by atoms with Crippen molar-refractivity contribution < 1.29 is 4.39 Å². The van der Waals surface area contributed by atoms with E-state index in [4.69, 9.17) is 5.26 Å². The van der Waals surface area contributed by atoms with E-state index in [-0.39, 0.29) is 5.82 Å². The van der Waals surface area contributed by atoms with Crippen LogP contribution < -0.4 is 0 Å². The molecule has 0 saturated carbocycles. The summed E-state index contributed by atoms with van der Waals surface area (Å²) in [4.78, 5) is 3.05. The van der Waals surface area contributed by atoms with Gasteiger partial charge in [-0.15, -0.1) is 0 Å². The highest BCUT2D eigenvalue weighted by atomic mass is 19.1. The van der Waals surface area contributed by atoms with Crippen molar-refractivity contribution in [3.63, 3.8) is 0 Å². The first kappa shape index (κ1) is 8.76. The Hall–Kier alpha value is -1.82. The maximum Gasteiger partial charge on any atom is 0.124 e. The zero-order chi connectivity index (χ0) is 10.1. The predicted molar refractivity (Wildman–Crippen MR) is 52.3 cm³/mol. The molecule has 0 fully saturated rings. The topological polar surface area (TPSA) is 39.6 Å². The number of aromatic amines is 1. The van der Waals surface area contributed by atoms with Crippen molar-refractivity contribution in [3.8, 4) is 6.07 Å². The SMILES string of the molecule is Cc1cc(F)cc2c(CC#N)c[nH]c12. The molecule has 0 aliphatic heterocycles. The van der Waals surface area contributed by atoms with E-state index in [1.807, 2.05) is 6.92 Å². The van der Waals surface area contributed by atoms with Crippen molar-refractivity contribution in [1.82, 2.24) is 4.98 Å².